The monoisotopic (exact) mass is 615 g/mol. The molecule has 0 radical (unpaired) electrons. The zero-order valence-corrected chi connectivity index (χ0v) is 26.4. The van der Waals surface area contributed by atoms with E-state index in [1.165, 1.54) is 12.0 Å². The van der Waals surface area contributed by atoms with Crippen molar-refractivity contribution in [3.8, 4) is 5.75 Å². The van der Waals surface area contributed by atoms with E-state index in [1.807, 2.05) is 31.2 Å². The van der Waals surface area contributed by atoms with Crippen molar-refractivity contribution in [3.63, 3.8) is 0 Å². The Hall–Kier alpha value is -3.61. The molecule has 1 unspecified atom stereocenters. The van der Waals surface area contributed by atoms with Crippen LogP contribution in [-0.4, -0.2) is 40.9 Å². The number of hydrogen-bond donors (Lipinski definition) is 1. The number of nitrogens with zero attached hydrogens (tertiary/aromatic N) is 1. The van der Waals surface area contributed by atoms with Crippen LogP contribution in [0.5, 0.6) is 5.75 Å². The molecule has 0 saturated heterocycles. The van der Waals surface area contributed by atoms with E-state index in [4.69, 9.17) is 21.1 Å². The van der Waals surface area contributed by atoms with Gasteiger partial charge in [-0.1, -0.05) is 61.2 Å². The number of carbonyl (C=O) groups is 2. The van der Waals surface area contributed by atoms with Gasteiger partial charge in [-0.15, -0.1) is 0 Å². The second-order valence-electron chi connectivity index (χ2n) is 12.2. The van der Waals surface area contributed by atoms with Crippen molar-refractivity contribution in [2.24, 2.45) is 5.92 Å². The maximum absolute atomic E-state index is 13.6. The molecule has 0 amide bonds. The van der Waals surface area contributed by atoms with Gasteiger partial charge in [0.1, 0.15) is 5.75 Å². The van der Waals surface area contributed by atoms with Gasteiger partial charge in [-0.3, -0.25) is 14.2 Å². The molecule has 6 nitrogen and oxygen atoms in total. The van der Waals surface area contributed by atoms with Crippen LogP contribution in [0.1, 0.15) is 78.5 Å². The maximum Gasteiger partial charge on any atom is 0.310 e. The van der Waals surface area contributed by atoms with Crippen molar-refractivity contribution in [2.45, 2.75) is 76.7 Å². The van der Waals surface area contributed by atoms with Crippen LogP contribution in [0, 0.1) is 12.8 Å². The molecule has 1 fully saturated rings. The smallest absolute Gasteiger partial charge is 0.310 e. The maximum atomic E-state index is 13.6. The normalized spacial score (nSPS) is 15.2. The first-order valence-electron chi connectivity index (χ1n) is 15.7. The first kappa shape index (κ1) is 31.8. The third kappa shape index (κ3) is 7.72. The zero-order valence-electron chi connectivity index (χ0n) is 25.7. The summed E-state index contributed by atoms with van der Waals surface area (Å²) < 4.78 is 12.8. The number of esters is 1. The molecule has 3 aromatic carbocycles. The minimum atomic E-state index is -0.593. The molecular weight excluding hydrogens is 574 g/mol. The number of fused-ring (bicyclic) bond motifs is 1. The van der Waals surface area contributed by atoms with Gasteiger partial charge in [0.15, 0.2) is 0 Å². The van der Waals surface area contributed by atoms with Crippen molar-refractivity contribution in [2.75, 3.05) is 13.7 Å². The number of carbonyl (C=O) groups excluding carboxylic acids is 2. The summed E-state index contributed by atoms with van der Waals surface area (Å²) in [5.74, 6) is 0.426. The summed E-state index contributed by atoms with van der Waals surface area (Å²) in [6.45, 7) is 2.17. The van der Waals surface area contributed by atoms with E-state index < -0.39 is 5.60 Å². The third-order valence-corrected chi connectivity index (χ3v) is 9.25. The SMILES string of the molecule is COc1ccc2c(c1)c(CC(=O)OCCCC(Cc1ccccc1)CC1(O)CCCCC1)c(C)n2C(=O)c1ccc(Cl)cc1. The largest absolute Gasteiger partial charge is 0.497 e. The molecule has 44 heavy (non-hydrogen) atoms. The Morgan fingerprint density at radius 2 is 1.73 bits per heavy atom. The molecule has 1 atom stereocenters. The van der Waals surface area contributed by atoms with Gasteiger partial charge in [0.25, 0.3) is 5.91 Å². The fraction of sp³-hybridized carbons (Fsp3) is 0.405. The van der Waals surface area contributed by atoms with Crippen LogP contribution in [0.4, 0.5) is 0 Å². The van der Waals surface area contributed by atoms with E-state index in [-0.39, 0.29) is 18.3 Å². The first-order chi connectivity index (χ1) is 21.3. The van der Waals surface area contributed by atoms with Crippen molar-refractivity contribution in [1.29, 1.82) is 0 Å². The second kappa shape index (κ2) is 14.4. The molecule has 1 saturated carbocycles. The summed E-state index contributed by atoms with van der Waals surface area (Å²) in [6, 6.07) is 22.7. The Bertz CT molecular complexity index is 1570. The molecule has 0 spiro atoms. The Balaban J connectivity index is 1.26. The Kier molecular flexibility index (Phi) is 10.4. The fourth-order valence-electron chi connectivity index (χ4n) is 6.72. The first-order valence-corrected chi connectivity index (χ1v) is 16.0. The van der Waals surface area contributed by atoms with Crippen molar-refractivity contribution in [3.05, 3.63) is 100 Å². The van der Waals surface area contributed by atoms with E-state index in [2.05, 4.69) is 24.3 Å². The predicted octanol–water partition coefficient (Wildman–Crippen LogP) is 8.11. The molecule has 5 rings (SSSR count). The number of ether oxygens (including phenoxy) is 2. The zero-order chi connectivity index (χ0) is 31.1. The minimum Gasteiger partial charge on any atom is -0.497 e. The molecule has 0 bridgehead atoms. The lowest BCUT2D eigenvalue weighted by Gasteiger charge is -2.35. The van der Waals surface area contributed by atoms with Gasteiger partial charge in [0.05, 0.1) is 31.3 Å². The molecule has 4 aromatic rings. The van der Waals surface area contributed by atoms with Crippen LogP contribution in [-0.2, 0) is 22.4 Å². The number of halogens is 1. The summed E-state index contributed by atoms with van der Waals surface area (Å²) in [6.07, 6.45) is 8.41. The number of aromatic nitrogens is 1. The van der Waals surface area contributed by atoms with Gasteiger partial charge < -0.3 is 14.6 Å². The summed E-state index contributed by atoms with van der Waals surface area (Å²) in [5, 5.41) is 12.6. The van der Waals surface area contributed by atoms with Crippen LogP contribution >= 0.6 is 11.6 Å². The van der Waals surface area contributed by atoms with Gasteiger partial charge in [0.2, 0.25) is 0 Å². The van der Waals surface area contributed by atoms with Crippen LogP contribution in [0.25, 0.3) is 10.9 Å². The number of rotatable bonds is 12. The Morgan fingerprint density at radius 1 is 1.00 bits per heavy atom. The van der Waals surface area contributed by atoms with E-state index in [9.17, 15) is 14.7 Å². The van der Waals surface area contributed by atoms with Crippen LogP contribution < -0.4 is 4.74 Å². The number of hydrogen-bond acceptors (Lipinski definition) is 5. The van der Waals surface area contributed by atoms with Crippen LogP contribution in [0.15, 0.2) is 72.8 Å². The highest BCUT2D eigenvalue weighted by Crippen LogP contribution is 2.36. The van der Waals surface area contributed by atoms with Gasteiger partial charge >= 0.3 is 5.97 Å². The van der Waals surface area contributed by atoms with Crippen molar-refractivity contribution >= 4 is 34.4 Å². The van der Waals surface area contributed by atoms with E-state index >= 15 is 0 Å². The van der Waals surface area contributed by atoms with Gasteiger partial charge in [-0.05, 0) is 105 Å². The topological polar surface area (TPSA) is 77.8 Å². The van der Waals surface area contributed by atoms with Crippen molar-refractivity contribution < 1.29 is 24.2 Å². The highest BCUT2D eigenvalue weighted by Gasteiger charge is 2.32. The molecule has 1 N–H and O–H groups in total. The molecule has 1 aromatic heterocycles. The van der Waals surface area contributed by atoms with Gasteiger partial charge in [-0.2, -0.15) is 0 Å². The lowest BCUT2D eigenvalue weighted by atomic mass is 9.76. The van der Waals surface area contributed by atoms with E-state index in [0.717, 1.165) is 62.3 Å². The van der Waals surface area contributed by atoms with Crippen molar-refractivity contribution in [1.82, 2.24) is 4.57 Å². The summed E-state index contributed by atoms with van der Waals surface area (Å²) >= 11 is 6.04. The lowest BCUT2D eigenvalue weighted by molar-refractivity contribution is -0.143. The summed E-state index contributed by atoms with van der Waals surface area (Å²) in [5.41, 5.74) is 3.31. The molecule has 1 aliphatic carbocycles. The summed E-state index contributed by atoms with van der Waals surface area (Å²) in [7, 11) is 1.59. The Morgan fingerprint density at radius 3 is 2.43 bits per heavy atom. The highest BCUT2D eigenvalue weighted by molar-refractivity contribution is 6.30. The molecule has 232 valence electrons. The lowest BCUT2D eigenvalue weighted by Crippen LogP contribution is -2.34. The molecular formula is C37H42ClNO5. The van der Waals surface area contributed by atoms with Gasteiger partial charge in [0, 0.05) is 21.7 Å². The second-order valence-corrected chi connectivity index (χ2v) is 12.6. The van der Waals surface area contributed by atoms with Crippen LogP contribution in [0.2, 0.25) is 5.02 Å². The fourth-order valence-corrected chi connectivity index (χ4v) is 6.85. The number of benzene rings is 3. The van der Waals surface area contributed by atoms with Gasteiger partial charge in [-0.25, -0.2) is 0 Å². The minimum absolute atomic E-state index is 0.0452. The molecule has 7 heteroatoms. The number of methoxy groups -OCH3 is 1. The molecule has 1 aliphatic rings. The predicted molar refractivity (Wildman–Crippen MR) is 175 cm³/mol. The molecule has 1 heterocycles. The summed E-state index contributed by atoms with van der Waals surface area (Å²) in [4.78, 5) is 26.7. The number of aliphatic hydroxyl groups is 1. The highest BCUT2D eigenvalue weighted by atomic mass is 35.5. The quantitative estimate of drug-likeness (QED) is 0.129. The average molecular weight is 616 g/mol. The molecule has 0 aliphatic heterocycles. The Labute approximate surface area is 264 Å². The average Bonchev–Trinajstić information content (AvgIpc) is 3.29. The third-order valence-electron chi connectivity index (χ3n) is 9.00. The standard InChI is InChI=1S/C37H42ClNO5/c1-26-32(33-23-31(43-2)17-18-34(33)39(26)36(41)29-13-15-30(38)16-14-29)24-35(40)44-21-9-12-28(22-27-10-5-3-6-11-27)25-37(42)19-7-4-8-20-37/h3,5-6,10-11,13-18,23,28,42H,4,7-9,12,19-22,24-25H2,1-2H3. The van der Waals surface area contributed by atoms with E-state index in [0.29, 0.717) is 40.1 Å². The van der Waals surface area contributed by atoms with Crippen LogP contribution in [0.3, 0.4) is 0 Å². The van der Waals surface area contributed by atoms with E-state index in [1.54, 1.807) is 35.9 Å².